The highest BCUT2D eigenvalue weighted by molar-refractivity contribution is 6.31. The van der Waals surface area contributed by atoms with Crippen molar-refractivity contribution in [3.8, 4) is 17.6 Å². The molecule has 2 rings (SSSR count). The van der Waals surface area contributed by atoms with E-state index in [2.05, 4.69) is 0 Å². The van der Waals surface area contributed by atoms with Crippen LogP contribution >= 0.6 is 11.6 Å². The van der Waals surface area contributed by atoms with Crippen molar-refractivity contribution in [2.75, 3.05) is 13.7 Å². The van der Waals surface area contributed by atoms with Crippen LogP contribution in [0.25, 0.3) is 6.08 Å². The molecule has 0 spiro atoms. The fourth-order valence-electron chi connectivity index (χ4n) is 1.93. The molecule has 0 unspecified atom stereocenters. The van der Waals surface area contributed by atoms with Gasteiger partial charge in [0.25, 0.3) is 0 Å². The number of carbonyl (C=O) groups excluding carboxylic acids is 1. The normalized spacial score (nSPS) is 10.3. The zero-order chi connectivity index (χ0) is 16.7. The van der Waals surface area contributed by atoms with Crippen molar-refractivity contribution < 1.29 is 14.3 Å². The van der Waals surface area contributed by atoms with Gasteiger partial charge in [0.05, 0.1) is 7.11 Å². The third kappa shape index (κ3) is 4.60. The number of halogens is 1. The van der Waals surface area contributed by atoms with Gasteiger partial charge in [-0.25, -0.2) is 0 Å². The summed E-state index contributed by atoms with van der Waals surface area (Å²) in [7, 11) is 1.51. The zero-order valence-corrected chi connectivity index (χ0v) is 13.2. The lowest BCUT2D eigenvalue weighted by atomic mass is 10.1. The highest BCUT2D eigenvalue weighted by Gasteiger charge is 2.06. The Morgan fingerprint density at radius 3 is 2.78 bits per heavy atom. The Balaban J connectivity index is 2.16. The number of ether oxygens (including phenoxy) is 2. The predicted octanol–water partition coefficient (Wildman–Crippen LogP) is 4.15. The number of hydrogen-bond donors (Lipinski definition) is 0. The fraction of sp³-hybridized carbons (Fsp3) is 0.111. The van der Waals surface area contributed by atoms with E-state index < -0.39 is 0 Å². The maximum Gasteiger partial charge on any atom is 0.185 e. The lowest BCUT2D eigenvalue weighted by Gasteiger charge is -2.08. The number of ketones is 1. The first-order valence-corrected chi connectivity index (χ1v) is 7.17. The summed E-state index contributed by atoms with van der Waals surface area (Å²) in [4.78, 5) is 12.1. The molecule has 0 aliphatic carbocycles. The van der Waals surface area contributed by atoms with Gasteiger partial charge in [-0.2, -0.15) is 5.26 Å². The van der Waals surface area contributed by atoms with E-state index in [1.807, 2.05) is 6.07 Å². The molecule has 0 radical (unpaired) electrons. The average Bonchev–Trinajstić information content (AvgIpc) is 2.58. The smallest absolute Gasteiger partial charge is 0.185 e. The Morgan fingerprint density at radius 2 is 2.09 bits per heavy atom. The molecule has 0 saturated heterocycles. The molecule has 0 saturated carbocycles. The molecule has 0 aliphatic rings. The number of hydrogen-bond acceptors (Lipinski definition) is 4. The van der Waals surface area contributed by atoms with Gasteiger partial charge in [0.1, 0.15) is 6.07 Å². The molecule has 5 heteroatoms. The van der Waals surface area contributed by atoms with Crippen LogP contribution < -0.4 is 9.47 Å². The largest absolute Gasteiger partial charge is 0.493 e. The van der Waals surface area contributed by atoms with Gasteiger partial charge in [0.15, 0.2) is 23.9 Å². The third-order valence-electron chi connectivity index (χ3n) is 3.02. The van der Waals surface area contributed by atoms with Gasteiger partial charge >= 0.3 is 0 Å². The Labute approximate surface area is 139 Å². The first kappa shape index (κ1) is 16.6. The molecule has 4 nitrogen and oxygen atoms in total. The molecule has 0 amide bonds. The van der Waals surface area contributed by atoms with E-state index in [1.54, 1.807) is 48.5 Å². The minimum atomic E-state index is -0.142. The zero-order valence-electron chi connectivity index (χ0n) is 12.5. The van der Waals surface area contributed by atoms with E-state index in [-0.39, 0.29) is 12.4 Å². The second-order valence-electron chi connectivity index (χ2n) is 4.57. The lowest BCUT2D eigenvalue weighted by Crippen LogP contribution is -1.97. The second kappa shape index (κ2) is 8.02. The molecule has 0 heterocycles. The standard InChI is InChI=1S/C18H14ClNO3/c1-22-18-11-13(6-8-17(18)23-10-9-20)5-7-16(21)14-3-2-4-15(19)12-14/h2-8,11-12H,10H2,1H3. The van der Waals surface area contributed by atoms with E-state index in [9.17, 15) is 4.79 Å². The summed E-state index contributed by atoms with van der Waals surface area (Å²) in [6.45, 7) is -0.0567. The van der Waals surface area contributed by atoms with Gasteiger partial charge in [-0.15, -0.1) is 0 Å². The molecule has 0 bridgehead atoms. The van der Waals surface area contributed by atoms with Crippen molar-refractivity contribution in [2.24, 2.45) is 0 Å². The van der Waals surface area contributed by atoms with E-state index >= 15 is 0 Å². The van der Waals surface area contributed by atoms with Gasteiger partial charge in [0, 0.05) is 10.6 Å². The van der Waals surface area contributed by atoms with Gasteiger partial charge in [-0.05, 0) is 35.9 Å². The quantitative estimate of drug-likeness (QED) is 0.591. The van der Waals surface area contributed by atoms with Crippen molar-refractivity contribution in [2.45, 2.75) is 0 Å². The van der Waals surface area contributed by atoms with Crippen LogP contribution in [0.5, 0.6) is 11.5 Å². The van der Waals surface area contributed by atoms with Gasteiger partial charge in [0.2, 0.25) is 0 Å². The maximum absolute atomic E-state index is 12.1. The van der Waals surface area contributed by atoms with Crippen LogP contribution in [-0.2, 0) is 0 Å². The van der Waals surface area contributed by atoms with Gasteiger partial charge in [-0.3, -0.25) is 4.79 Å². The third-order valence-corrected chi connectivity index (χ3v) is 3.25. The van der Waals surface area contributed by atoms with Crippen molar-refractivity contribution >= 4 is 23.5 Å². The Kier molecular flexibility index (Phi) is 5.79. The number of methoxy groups -OCH3 is 1. The van der Waals surface area contributed by atoms with Gasteiger partial charge < -0.3 is 9.47 Å². The fourth-order valence-corrected chi connectivity index (χ4v) is 2.12. The summed E-state index contributed by atoms with van der Waals surface area (Å²) < 4.78 is 10.5. The molecule has 0 aliphatic heterocycles. The summed E-state index contributed by atoms with van der Waals surface area (Å²) >= 11 is 5.88. The number of nitriles is 1. The van der Waals surface area contributed by atoms with Crippen LogP contribution in [0, 0.1) is 11.3 Å². The van der Waals surface area contributed by atoms with Gasteiger partial charge in [-0.1, -0.05) is 35.9 Å². The average molecular weight is 328 g/mol. The Hall–Kier alpha value is -2.77. The van der Waals surface area contributed by atoms with E-state index in [1.165, 1.54) is 13.2 Å². The minimum absolute atomic E-state index is 0.0567. The number of carbonyl (C=O) groups is 1. The van der Waals surface area contributed by atoms with E-state index in [0.717, 1.165) is 5.56 Å². The van der Waals surface area contributed by atoms with Crippen molar-refractivity contribution in [1.82, 2.24) is 0 Å². The molecule has 2 aromatic carbocycles. The SMILES string of the molecule is COc1cc(C=CC(=O)c2cccc(Cl)c2)ccc1OCC#N. The van der Waals surface area contributed by atoms with E-state index in [0.29, 0.717) is 22.1 Å². The van der Waals surface area contributed by atoms with Crippen LogP contribution in [0.1, 0.15) is 15.9 Å². The lowest BCUT2D eigenvalue weighted by molar-refractivity contribution is 0.104. The molecule has 116 valence electrons. The molecule has 0 N–H and O–H groups in total. The molecule has 2 aromatic rings. The first-order chi connectivity index (χ1) is 11.1. The van der Waals surface area contributed by atoms with Crippen molar-refractivity contribution in [3.63, 3.8) is 0 Å². The molecule has 0 aromatic heterocycles. The monoisotopic (exact) mass is 327 g/mol. The maximum atomic E-state index is 12.1. The van der Waals surface area contributed by atoms with E-state index in [4.69, 9.17) is 26.3 Å². The highest BCUT2D eigenvalue weighted by Crippen LogP contribution is 2.28. The minimum Gasteiger partial charge on any atom is -0.493 e. The number of nitrogens with zero attached hydrogens (tertiary/aromatic N) is 1. The summed E-state index contributed by atoms with van der Waals surface area (Å²) in [5, 5.41) is 9.06. The highest BCUT2D eigenvalue weighted by atomic mass is 35.5. The van der Waals surface area contributed by atoms with Crippen LogP contribution in [0.4, 0.5) is 0 Å². The molecule has 0 fully saturated rings. The molecular formula is C18H14ClNO3. The Morgan fingerprint density at radius 1 is 1.26 bits per heavy atom. The topological polar surface area (TPSA) is 59.3 Å². The number of benzene rings is 2. The number of rotatable bonds is 6. The molecule has 0 atom stereocenters. The summed E-state index contributed by atoms with van der Waals surface area (Å²) in [6.07, 6.45) is 3.15. The summed E-state index contributed by atoms with van der Waals surface area (Å²) in [5.74, 6) is 0.834. The number of allylic oxidation sites excluding steroid dienone is 1. The summed E-state index contributed by atoms with van der Waals surface area (Å²) in [6, 6.07) is 13.9. The second-order valence-corrected chi connectivity index (χ2v) is 5.00. The first-order valence-electron chi connectivity index (χ1n) is 6.80. The summed E-state index contributed by atoms with van der Waals surface area (Å²) in [5.41, 5.74) is 1.30. The molecule has 23 heavy (non-hydrogen) atoms. The predicted molar refractivity (Wildman–Crippen MR) is 88.9 cm³/mol. The Bertz CT molecular complexity index is 778. The molecular weight excluding hydrogens is 314 g/mol. The van der Waals surface area contributed by atoms with Crippen LogP contribution in [0.15, 0.2) is 48.5 Å². The van der Waals surface area contributed by atoms with Crippen molar-refractivity contribution in [3.05, 3.63) is 64.7 Å². The van der Waals surface area contributed by atoms with Crippen LogP contribution in [0.3, 0.4) is 0 Å². The van der Waals surface area contributed by atoms with Crippen LogP contribution in [0.2, 0.25) is 5.02 Å². The van der Waals surface area contributed by atoms with Crippen molar-refractivity contribution in [1.29, 1.82) is 5.26 Å². The van der Waals surface area contributed by atoms with Crippen LogP contribution in [-0.4, -0.2) is 19.5 Å².